The van der Waals surface area contributed by atoms with E-state index in [1.807, 2.05) is 24.4 Å². The predicted molar refractivity (Wildman–Crippen MR) is 78.7 cm³/mol. The van der Waals surface area contributed by atoms with Gasteiger partial charge in [0.25, 0.3) is 0 Å². The van der Waals surface area contributed by atoms with E-state index in [0.717, 1.165) is 11.3 Å². The summed E-state index contributed by atoms with van der Waals surface area (Å²) in [6.45, 7) is 2.75. The lowest BCUT2D eigenvalue weighted by Gasteiger charge is -2.03. The number of thiophene rings is 1. The van der Waals surface area contributed by atoms with Crippen LogP contribution in [0.25, 0.3) is 10.7 Å². The Hall–Kier alpha value is -1.89. The third-order valence-electron chi connectivity index (χ3n) is 2.91. The highest BCUT2D eigenvalue weighted by atomic mass is 32.1. The van der Waals surface area contributed by atoms with Gasteiger partial charge in [0.05, 0.1) is 11.4 Å². The fraction of sp³-hybridized carbons (Fsp3) is 0.462. The number of nitrogens with one attached hydrogen (secondary N) is 1. The molecule has 108 valence electrons. The molecular formula is C13H18N4O2S. The highest BCUT2D eigenvalue weighted by molar-refractivity contribution is 7.13. The van der Waals surface area contributed by atoms with Crippen LogP contribution in [-0.2, 0) is 18.4 Å². The first kappa shape index (κ1) is 14.5. The van der Waals surface area contributed by atoms with Crippen molar-refractivity contribution in [2.75, 3.05) is 6.54 Å². The molecule has 0 fully saturated rings. The SMILES string of the molecule is CCCC(=O)NCCn1nc(-c2cccs2)n(C)c1=O. The molecule has 2 heterocycles. The van der Waals surface area contributed by atoms with Crippen molar-refractivity contribution in [1.82, 2.24) is 19.7 Å². The minimum atomic E-state index is -0.168. The first-order chi connectivity index (χ1) is 9.63. The van der Waals surface area contributed by atoms with E-state index in [9.17, 15) is 9.59 Å². The molecule has 0 aromatic carbocycles. The number of rotatable bonds is 6. The molecule has 2 aromatic rings. The number of amides is 1. The highest BCUT2D eigenvalue weighted by Crippen LogP contribution is 2.20. The summed E-state index contributed by atoms with van der Waals surface area (Å²) in [7, 11) is 1.70. The lowest BCUT2D eigenvalue weighted by Crippen LogP contribution is -2.31. The molecule has 0 spiro atoms. The maximum atomic E-state index is 12.0. The van der Waals surface area contributed by atoms with Crippen molar-refractivity contribution in [2.45, 2.75) is 26.3 Å². The molecule has 2 rings (SSSR count). The van der Waals surface area contributed by atoms with Crippen LogP contribution in [0.4, 0.5) is 0 Å². The van der Waals surface area contributed by atoms with Crippen molar-refractivity contribution in [1.29, 1.82) is 0 Å². The van der Waals surface area contributed by atoms with Crippen molar-refractivity contribution in [3.63, 3.8) is 0 Å². The van der Waals surface area contributed by atoms with Gasteiger partial charge >= 0.3 is 5.69 Å². The van der Waals surface area contributed by atoms with Gasteiger partial charge in [0.2, 0.25) is 5.91 Å². The van der Waals surface area contributed by atoms with E-state index in [-0.39, 0.29) is 11.6 Å². The van der Waals surface area contributed by atoms with E-state index in [1.165, 1.54) is 9.25 Å². The van der Waals surface area contributed by atoms with Crippen molar-refractivity contribution in [3.8, 4) is 10.7 Å². The van der Waals surface area contributed by atoms with Crippen molar-refractivity contribution in [2.24, 2.45) is 7.05 Å². The lowest BCUT2D eigenvalue weighted by atomic mass is 10.3. The van der Waals surface area contributed by atoms with Crippen LogP contribution in [0.15, 0.2) is 22.3 Å². The smallest absolute Gasteiger partial charge is 0.346 e. The summed E-state index contributed by atoms with van der Waals surface area (Å²) in [6.07, 6.45) is 1.33. The summed E-state index contributed by atoms with van der Waals surface area (Å²) in [5, 5.41) is 9.05. The molecular weight excluding hydrogens is 276 g/mol. The molecule has 0 radical (unpaired) electrons. The minimum absolute atomic E-state index is 0.00922. The lowest BCUT2D eigenvalue weighted by molar-refractivity contribution is -0.121. The van der Waals surface area contributed by atoms with E-state index < -0.39 is 0 Å². The summed E-state index contributed by atoms with van der Waals surface area (Å²) in [5.74, 6) is 0.667. The summed E-state index contributed by atoms with van der Waals surface area (Å²) < 4.78 is 2.92. The molecule has 1 N–H and O–H groups in total. The minimum Gasteiger partial charge on any atom is -0.354 e. The molecule has 20 heavy (non-hydrogen) atoms. The van der Waals surface area contributed by atoms with Gasteiger partial charge < -0.3 is 5.32 Å². The summed E-state index contributed by atoms with van der Waals surface area (Å²) >= 11 is 1.54. The molecule has 0 atom stereocenters. The maximum absolute atomic E-state index is 12.0. The third kappa shape index (κ3) is 3.16. The normalized spacial score (nSPS) is 10.7. The average Bonchev–Trinajstić information content (AvgIpc) is 3.02. The van der Waals surface area contributed by atoms with Crippen molar-refractivity contribution in [3.05, 3.63) is 28.0 Å². The number of hydrogen-bond donors (Lipinski definition) is 1. The molecule has 0 saturated carbocycles. The Kier molecular flexibility index (Phi) is 4.73. The second-order valence-corrected chi connectivity index (χ2v) is 5.41. The van der Waals surface area contributed by atoms with Crippen LogP contribution < -0.4 is 11.0 Å². The van der Waals surface area contributed by atoms with Gasteiger partial charge in [0.1, 0.15) is 0 Å². The fourth-order valence-corrected chi connectivity index (χ4v) is 2.61. The Morgan fingerprint density at radius 3 is 2.95 bits per heavy atom. The molecule has 7 heteroatoms. The number of carbonyl (C=O) groups is 1. The van der Waals surface area contributed by atoms with Crippen LogP contribution in [0, 0.1) is 0 Å². The molecule has 6 nitrogen and oxygen atoms in total. The van der Waals surface area contributed by atoms with Gasteiger partial charge in [-0.1, -0.05) is 13.0 Å². The second-order valence-electron chi connectivity index (χ2n) is 4.47. The van der Waals surface area contributed by atoms with Gasteiger partial charge in [-0.15, -0.1) is 16.4 Å². The molecule has 0 unspecified atom stereocenters. The zero-order valence-corrected chi connectivity index (χ0v) is 12.4. The molecule has 0 aliphatic carbocycles. The Morgan fingerprint density at radius 1 is 1.50 bits per heavy atom. The topological polar surface area (TPSA) is 68.9 Å². The fourth-order valence-electron chi connectivity index (χ4n) is 1.87. The molecule has 0 saturated heterocycles. The summed E-state index contributed by atoms with van der Waals surface area (Å²) in [5.41, 5.74) is -0.168. The monoisotopic (exact) mass is 294 g/mol. The number of hydrogen-bond acceptors (Lipinski definition) is 4. The van der Waals surface area contributed by atoms with Gasteiger partial charge in [-0.05, 0) is 17.9 Å². The number of aromatic nitrogens is 3. The number of nitrogens with zero attached hydrogens (tertiary/aromatic N) is 3. The van der Waals surface area contributed by atoms with Crippen molar-refractivity contribution >= 4 is 17.2 Å². The Morgan fingerprint density at radius 2 is 2.30 bits per heavy atom. The van der Waals surface area contributed by atoms with Gasteiger partial charge in [-0.25, -0.2) is 9.48 Å². The maximum Gasteiger partial charge on any atom is 0.346 e. The van der Waals surface area contributed by atoms with Gasteiger partial charge in [-0.2, -0.15) is 0 Å². The predicted octanol–water partition coefficient (Wildman–Crippen LogP) is 1.23. The summed E-state index contributed by atoms with van der Waals surface area (Å²) in [4.78, 5) is 24.4. The van der Waals surface area contributed by atoms with Crippen LogP contribution >= 0.6 is 11.3 Å². The number of carbonyl (C=O) groups excluding carboxylic acids is 1. The second kappa shape index (κ2) is 6.51. The molecule has 2 aromatic heterocycles. The molecule has 0 aliphatic heterocycles. The van der Waals surface area contributed by atoms with E-state index in [0.29, 0.717) is 25.3 Å². The third-order valence-corrected chi connectivity index (χ3v) is 3.77. The van der Waals surface area contributed by atoms with Crippen LogP contribution in [0.2, 0.25) is 0 Å². The van der Waals surface area contributed by atoms with Crippen LogP contribution in [0.3, 0.4) is 0 Å². The Labute approximate surface area is 121 Å². The van der Waals surface area contributed by atoms with Gasteiger partial charge in [0, 0.05) is 20.0 Å². The summed E-state index contributed by atoms with van der Waals surface area (Å²) in [6, 6.07) is 3.86. The van der Waals surface area contributed by atoms with Gasteiger partial charge in [0.15, 0.2) is 5.82 Å². The largest absolute Gasteiger partial charge is 0.354 e. The molecule has 0 bridgehead atoms. The van der Waals surface area contributed by atoms with Crippen molar-refractivity contribution < 1.29 is 4.79 Å². The zero-order valence-electron chi connectivity index (χ0n) is 11.6. The van der Waals surface area contributed by atoms with E-state index >= 15 is 0 Å². The molecule has 0 aliphatic rings. The first-order valence-electron chi connectivity index (χ1n) is 6.58. The van der Waals surface area contributed by atoms with Gasteiger partial charge in [-0.3, -0.25) is 9.36 Å². The Balaban J connectivity index is 2.05. The van der Waals surface area contributed by atoms with E-state index in [4.69, 9.17) is 0 Å². The van der Waals surface area contributed by atoms with Crippen LogP contribution in [-0.4, -0.2) is 26.8 Å². The van der Waals surface area contributed by atoms with Crippen LogP contribution in [0.1, 0.15) is 19.8 Å². The zero-order chi connectivity index (χ0) is 14.5. The molecule has 1 amide bonds. The average molecular weight is 294 g/mol. The standard InChI is InChI=1S/C13H18N4O2S/c1-3-5-11(18)14-7-8-17-13(19)16(2)12(15-17)10-6-4-9-20-10/h4,6,9H,3,5,7-8H2,1-2H3,(H,14,18). The van der Waals surface area contributed by atoms with E-state index in [1.54, 1.807) is 18.4 Å². The first-order valence-corrected chi connectivity index (χ1v) is 7.46. The highest BCUT2D eigenvalue weighted by Gasteiger charge is 2.12. The van der Waals surface area contributed by atoms with Crippen LogP contribution in [0.5, 0.6) is 0 Å². The Bertz CT molecular complexity index is 627. The quantitative estimate of drug-likeness (QED) is 0.871. The van der Waals surface area contributed by atoms with E-state index in [2.05, 4.69) is 10.4 Å².